The summed E-state index contributed by atoms with van der Waals surface area (Å²) >= 11 is 1.50. The van der Waals surface area contributed by atoms with Crippen molar-refractivity contribution in [2.45, 2.75) is 43.1 Å². The van der Waals surface area contributed by atoms with Crippen molar-refractivity contribution in [3.63, 3.8) is 0 Å². The van der Waals surface area contributed by atoms with Crippen molar-refractivity contribution in [3.05, 3.63) is 84.4 Å². The van der Waals surface area contributed by atoms with Gasteiger partial charge in [-0.15, -0.1) is 11.8 Å². The Morgan fingerprint density at radius 3 is 2.21 bits per heavy atom. The van der Waals surface area contributed by atoms with E-state index in [-0.39, 0.29) is 23.0 Å². The van der Waals surface area contributed by atoms with Crippen molar-refractivity contribution < 1.29 is 22.7 Å². The van der Waals surface area contributed by atoms with Gasteiger partial charge in [-0.05, 0) is 69.0 Å². The number of likely N-dealkylation sites (N-methyl/N-ethyl adjacent to an activating group) is 1. The number of ether oxygens (including phenoxy) is 1. The van der Waals surface area contributed by atoms with E-state index < -0.39 is 28.5 Å². The Morgan fingerprint density at radius 2 is 1.59 bits per heavy atom. The number of benzene rings is 3. The molecular weight excluding hydrogens is 534 g/mol. The van der Waals surface area contributed by atoms with E-state index in [1.54, 1.807) is 57.2 Å². The number of sulfonamides is 1. The van der Waals surface area contributed by atoms with Gasteiger partial charge in [-0.1, -0.05) is 42.5 Å². The Hall–Kier alpha value is -3.50. The number of thioether (sulfide) groups is 1. The van der Waals surface area contributed by atoms with E-state index in [1.165, 1.54) is 28.8 Å². The number of rotatable bonds is 13. The molecule has 0 fully saturated rings. The fraction of sp³-hybridized carbons (Fsp3) is 0.310. The predicted octanol–water partition coefficient (Wildman–Crippen LogP) is 4.56. The molecule has 0 saturated carbocycles. The van der Waals surface area contributed by atoms with E-state index in [4.69, 9.17) is 4.74 Å². The maximum atomic E-state index is 14.0. The number of nitrogens with one attached hydrogen (secondary N) is 1. The molecule has 0 aromatic heterocycles. The Labute approximate surface area is 235 Å². The molecule has 0 spiro atoms. The van der Waals surface area contributed by atoms with Crippen LogP contribution in [0, 0.1) is 0 Å². The van der Waals surface area contributed by atoms with E-state index in [0.717, 1.165) is 14.8 Å². The van der Waals surface area contributed by atoms with Crippen LogP contribution < -0.4 is 14.4 Å². The molecule has 8 nitrogen and oxygen atoms in total. The van der Waals surface area contributed by atoms with Crippen LogP contribution in [0.1, 0.15) is 26.3 Å². The number of hydrogen-bond acceptors (Lipinski definition) is 6. The molecule has 0 aliphatic carbocycles. The van der Waals surface area contributed by atoms with E-state index in [2.05, 4.69) is 5.32 Å². The molecule has 0 saturated heterocycles. The third-order valence-electron chi connectivity index (χ3n) is 6.07. The number of amides is 2. The Kier molecular flexibility index (Phi) is 10.8. The molecule has 2 amide bonds. The molecule has 0 unspecified atom stereocenters. The summed E-state index contributed by atoms with van der Waals surface area (Å²) in [4.78, 5) is 29.1. The molecule has 208 valence electrons. The van der Waals surface area contributed by atoms with Crippen molar-refractivity contribution in [1.29, 1.82) is 0 Å². The van der Waals surface area contributed by atoms with Crippen LogP contribution in [0.4, 0.5) is 5.69 Å². The zero-order valence-electron chi connectivity index (χ0n) is 22.7. The van der Waals surface area contributed by atoms with Gasteiger partial charge in [0.1, 0.15) is 18.3 Å². The van der Waals surface area contributed by atoms with Gasteiger partial charge in [0, 0.05) is 18.0 Å². The van der Waals surface area contributed by atoms with Crippen molar-refractivity contribution >= 4 is 39.3 Å². The van der Waals surface area contributed by atoms with Crippen LogP contribution in [-0.2, 0) is 26.2 Å². The summed E-state index contributed by atoms with van der Waals surface area (Å²) in [6, 6.07) is 21.7. The maximum absolute atomic E-state index is 14.0. The molecular formula is C29H35N3O5S2. The van der Waals surface area contributed by atoms with Gasteiger partial charge in [-0.25, -0.2) is 8.42 Å². The second-order valence-corrected chi connectivity index (χ2v) is 11.4. The van der Waals surface area contributed by atoms with E-state index >= 15 is 0 Å². The van der Waals surface area contributed by atoms with Gasteiger partial charge >= 0.3 is 0 Å². The summed E-state index contributed by atoms with van der Waals surface area (Å²) in [5, 5.41) is 2.76. The molecule has 1 N–H and O–H groups in total. The van der Waals surface area contributed by atoms with Crippen molar-refractivity contribution in [1.82, 2.24) is 10.2 Å². The zero-order valence-corrected chi connectivity index (χ0v) is 24.3. The predicted molar refractivity (Wildman–Crippen MR) is 156 cm³/mol. The molecule has 3 rings (SSSR count). The fourth-order valence-electron chi connectivity index (χ4n) is 4.01. The third kappa shape index (κ3) is 7.54. The molecule has 0 aliphatic rings. The van der Waals surface area contributed by atoms with Crippen molar-refractivity contribution in [3.8, 4) is 5.75 Å². The molecule has 0 bridgehead atoms. The monoisotopic (exact) mass is 569 g/mol. The van der Waals surface area contributed by atoms with Gasteiger partial charge in [0.2, 0.25) is 11.8 Å². The lowest BCUT2D eigenvalue weighted by molar-refractivity contribution is -0.139. The number of carbonyl (C=O) groups is 2. The Balaban J connectivity index is 2.07. The standard InChI is InChI=1S/C29H35N3O5S2/c1-5-30-29(34)22(3)31(20-23-12-8-7-9-13-23)28(33)21-32(26-14-10-11-15-27(26)37-6-2)39(35,36)25-18-16-24(38-4)17-19-25/h7-19,22H,5-6,20-21H2,1-4H3,(H,30,34)/t22-/m0/s1. The van der Waals surface area contributed by atoms with E-state index in [1.807, 2.05) is 36.6 Å². The molecule has 10 heteroatoms. The highest BCUT2D eigenvalue weighted by Crippen LogP contribution is 2.33. The minimum Gasteiger partial charge on any atom is -0.492 e. The average Bonchev–Trinajstić information content (AvgIpc) is 2.95. The molecule has 0 radical (unpaired) electrons. The highest BCUT2D eigenvalue weighted by Gasteiger charge is 2.33. The number of carbonyl (C=O) groups excluding carboxylic acids is 2. The van der Waals surface area contributed by atoms with Gasteiger partial charge in [0.25, 0.3) is 10.0 Å². The number of para-hydroxylation sites is 2. The SMILES string of the molecule is CCNC(=O)[C@H](C)N(Cc1ccccc1)C(=O)CN(c1ccccc1OCC)S(=O)(=O)c1ccc(SC)cc1. The fourth-order valence-corrected chi connectivity index (χ4v) is 5.85. The second kappa shape index (κ2) is 14.0. The molecule has 3 aromatic rings. The summed E-state index contributed by atoms with van der Waals surface area (Å²) in [6.45, 7) is 5.59. The molecule has 3 aromatic carbocycles. The van der Waals surface area contributed by atoms with E-state index in [0.29, 0.717) is 18.9 Å². The smallest absolute Gasteiger partial charge is 0.264 e. The first-order valence-corrected chi connectivity index (χ1v) is 15.4. The van der Waals surface area contributed by atoms with E-state index in [9.17, 15) is 18.0 Å². The largest absolute Gasteiger partial charge is 0.492 e. The first-order chi connectivity index (χ1) is 18.7. The number of anilines is 1. The minimum absolute atomic E-state index is 0.0470. The lowest BCUT2D eigenvalue weighted by atomic mass is 10.1. The second-order valence-electron chi connectivity index (χ2n) is 8.67. The summed E-state index contributed by atoms with van der Waals surface area (Å²) < 4.78 is 34.9. The van der Waals surface area contributed by atoms with Crippen LogP contribution in [-0.4, -0.2) is 57.1 Å². The minimum atomic E-state index is -4.18. The van der Waals surface area contributed by atoms with Gasteiger partial charge in [0.15, 0.2) is 0 Å². The number of nitrogens with zero attached hydrogens (tertiary/aromatic N) is 2. The van der Waals surface area contributed by atoms with Crippen molar-refractivity contribution in [2.24, 2.45) is 0 Å². The van der Waals surface area contributed by atoms with Gasteiger partial charge in [-0.2, -0.15) is 0 Å². The molecule has 1 atom stereocenters. The topological polar surface area (TPSA) is 96.0 Å². The van der Waals surface area contributed by atoms with Gasteiger partial charge < -0.3 is 15.0 Å². The molecule has 39 heavy (non-hydrogen) atoms. The summed E-state index contributed by atoms with van der Waals surface area (Å²) in [6.07, 6.45) is 1.91. The molecule has 0 heterocycles. The third-order valence-corrected chi connectivity index (χ3v) is 8.59. The lowest BCUT2D eigenvalue weighted by Gasteiger charge is -2.32. The normalized spacial score (nSPS) is 11.9. The average molecular weight is 570 g/mol. The first-order valence-electron chi connectivity index (χ1n) is 12.7. The lowest BCUT2D eigenvalue weighted by Crippen LogP contribution is -2.51. The van der Waals surface area contributed by atoms with Gasteiger partial charge in [0.05, 0.1) is 17.2 Å². The highest BCUT2D eigenvalue weighted by molar-refractivity contribution is 7.98. The van der Waals surface area contributed by atoms with Crippen LogP contribution in [0.25, 0.3) is 0 Å². The first kappa shape index (κ1) is 30.0. The van der Waals surface area contributed by atoms with Crippen LogP contribution >= 0.6 is 11.8 Å². The quantitative estimate of drug-likeness (QED) is 0.303. The summed E-state index contributed by atoms with van der Waals surface area (Å²) in [7, 11) is -4.18. The van der Waals surface area contributed by atoms with Crippen LogP contribution in [0.5, 0.6) is 5.75 Å². The Morgan fingerprint density at radius 1 is 0.949 bits per heavy atom. The maximum Gasteiger partial charge on any atom is 0.264 e. The summed E-state index contributed by atoms with van der Waals surface area (Å²) in [5.74, 6) is -0.504. The highest BCUT2D eigenvalue weighted by atomic mass is 32.2. The molecule has 0 aliphatic heterocycles. The number of hydrogen-bond donors (Lipinski definition) is 1. The van der Waals surface area contributed by atoms with Crippen molar-refractivity contribution in [2.75, 3.05) is 30.3 Å². The summed E-state index contributed by atoms with van der Waals surface area (Å²) in [5.41, 5.74) is 1.06. The van der Waals surface area contributed by atoms with Crippen LogP contribution in [0.15, 0.2) is 88.7 Å². The Bertz CT molecular complexity index is 1350. The van der Waals surface area contributed by atoms with Gasteiger partial charge in [-0.3, -0.25) is 13.9 Å². The van der Waals surface area contributed by atoms with Crippen LogP contribution in [0.2, 0.25) is 0 Å². The zero-order chi connectivity index (χ0) is 28.4. The van der Waals surface area contributed by atoms with Crippen LogP contribution in [0.3, 0.4) is 0 Å².